The molecule has 0 aliphatic heterocycles. The molecular weight excluding hydrogens is 456 g/mol. The number of hydrogen-bond acceptors (Lipinski definition) is 11. The van der Waals surface area contributed by atoms with Gasteiger partial charge in [0.15, 0.2) is 0 Å². The average molecular weight is 474 g/mol. The summed E-state index contributed by atoms with van der Waals surface area (Å²) in [5.41, 5.74) is 0. The van der Waals surface area contributed by atoms with E-state index in [2.05, 4.69) is 18.5 Å². The first-order valence-electron chi connectivity index (χ1n) is 6.45. The zero-order chi connectivity index (χ0) is 24.5. The molecule has 0 atom stereocenters. The molecule has 15 nitrogen and oxygen atoms in total. The quantitative estimate of drug-likeness (QED) is 0.236. The molecule has 0 aromatic carbocycles. The lowest BCUT2D eigenvalue weighted by molar-refractivity contribution is -0.216. The largest absolute Gasteiger partial charge is 0.862 e. The number of carbonyl (C=O) groups excluding carboxylic acids is 1. The highest BCUT2D eigenvalue weighted by molar-refractivity contribution is 8.11. The van der Waals surface area contributed by atoms with Crippen LogP contribution in [0, 0.1) is 11.5 Å². The van der Waals surface area contributed by atoms with Crippen molar-refractivity contribution in [1.82, 2.24) is 0 Å². The van der Waals surface area contributed by atoms with Crippen molar-refractivity contribution in [2.45, 2.75) is 20.8 Å². The van der Waals surface area contributed by atoms with Gasteiger partial charge in [0.2, 0.25) is 15.9 Å². The van der Waals surface area contributed by atoms with Crippen molar-refractivity contribution >= 4 is 53.8 Å². The Kier molecular flexibility index (Phi) is 19.0. The van der Waals surface area contributed by atoms with Crippen LogP contribution >= 0.6 is 0 Å². The number of sulfonamides is 3. The molecule has 0 saturated heterocycles. The van der Waals surface area contributed by atoms with Crippen LogP contribution in [0.1, 0.15) is 20.8 Å². The minimum Gasteiger partial charge on any atom is -0.862 e. The molecule has 1 amide bonds. The Balaban J connectivity index is -0.000000147. The van der Waals surface area contributed by atoms with Crippen molar-refractivity contribution < 1.29 is 40.3 Å². The molecule has 0 fully saturated rings. The molecule has 0 radical (unpaired) electrons. The van der Waals surface area contributed by atoms with E-state index in [4.69, 9.17) is 10.7 Å². The Hall–Kier alpha value is -2.71. The molecule has 0 aromatic rings. The molecule has 0 aliphatic carbocycles. The van der Waals surface area contributed by atoms with Crippen molar-refractivity contribution in [3.8, 4) is 6.19 Å². The number of nitriles is 1. The average Bonchev–Trinajstić information content (AvgIpc) is 2.31. The maximum absolute atomic E-state index is 10.1. The number of nitrogens with zero attached hydrogens (tertiary/aromatic N) is 6. The zero-order valence-electron chi connectivity index (χ0n) is 16.1. The Labute approximate surface area is 169 Å². The van der Waals surface area contributed by atoms with Crippen molar-refractivity contribution in [3.63, 3.8) is 0 Å². The van der Waals surface area contributed by atoms with Crippen LogP contribution in [0.25, 0.3) is 9.54 Å². The van der Waals surface area contributed by atoms with Gasteiger partial charge in [-0.25, -0.2) is 30.2 Å². The summed E-state index contributed by atoms with van der Waals surface area (Å²) in [5.74, 6) is -1.56. The van der Waals surface area contributed by atoms with E-state index in [1.54, 1.807) is 0 Å². The maximum atomic E-state index is 10.1. The predicted octanol–water partition coefficient (Wildman–Crippen LogP) is -2.47. The topological polar surface area (TPSA) is 263 Å². The van der Waals surface area contributed by atoms with Crippen LogP contribution < -0.4 is 10.2 Å². The van der Waals surface area contributed by atoms with Gasteiger partial charge in [0, 0.05) is 19.4 Å². The Bertz CT molecular complexity index is 945. The number of hydrogen-bond donors (Lipinski definition) is 0. The van der Waals surface area contributed by atoms with Crippen molar-refractivity contribution in [2.75, 3.05) is 18.8 Å². The normalized spacial score (nSPS) is 11.5. The highest BCUT2D eigenvalue weighted by Gasteiger charge is 1.92. The van der Waals surface area contributed by atoms with Gasteiger partial charge in [0.05, 0.1) is 32.5 Å². The predicted molar refractivity (Wildman–Crippen MR) is 101 cm³/mol. The Morgan fingerprint density at radius 3 is 1.31 bits per heavy atom. The Morgan fingerprint density at radius 1 is 0.931 bits per heavy atom. The number of carbonyl (C=O) groups is 1. The van der Waals surface area contributed by atoms with Gasteiger partial charge < -0.3 is 24.7 Å². The molecule has 0 saturated carbocycles. The third kappa shape index (κ3) is 67.2. The molecule has 0 rings (SSSR count). The highest BCUT2D eigenvalue weighted by Crippen LogP contribution is 2.03. The van der Waals surface area contributed by atoms with Crippen LogP contribution in [-0.4, -0.2) is 67.7 Å². The maximum Gasteiger partial charge on any atom is 0.249 e. The number of amides is 1. The lowest BCUT2D eigenvalue weighted by atomic mass is 10.7. The van der Waals surface area contributed by atoms with Gasteiger partial charge in [-0.05, 0) is 25.6 Å². The summed E-state index contributed by atoms with van der Waals surface area (Å²) in [6.45, 7) is 3.56. The van der Waals surface area contributed by atoms with Crippen LogP contribution in [0.5, 0.6) is 0 Å². The number of rotatable bonds is 3. The molecule has 18 heteroatoms. The van der Waals surface area contributed by atoms with Gasteiger partial charge in [-0.1, -0.05) is 0 Å². The summed E-state index contributed by atoms with van der Waals surface area (Å²) in [7, 11) is -10.9. The third-order valence-electron chi connectivity index (χ3n) is 0.980. The molecular formula is C11H18N6O9S3-4. The van der Waals surface area contributed by atoms with Crippen LogP contribution in [0.3, 0.4) is 0 Å². The molecule has 0 unspecified atom stereocenters. The van der Waals surface area contributed by atoms with E-state index in [1.807, 2.05) is 0 Å². The van der Waals surface area contributed by atoms with Crippen LogP contribution in [0.2, 0.25) is 0 Å². The van der Waals surface area contributed by atoms with E-state index in [1.165, 1.54) is 26.0 Å². The third-order valence-corrected chi connectivity index (χ3v) is 3.74. The second-order valence-electron chi connectivity index (χ2n) is 4.35. The van der Waals surface area contributed by atoms with E-state index in [0.717, 1.165) is 13.2 Å². The fraction of sp³-hybridized carbons (Fsp3) is 0.545. The molecule has 168 valence electrons. The second kappa shape index (κ2) is 16.3. The standard InChI is InChI=1S/C4H7NO2.C3H7NO3S.C2N3.C2H6NO4S2/c1-3(6)5-4(2)7;1-3(5)4-8(2,6)7;3-1-5-2-4;1-8(4,5)3-9(2,6)7/h1-2H3,(H,5,6,7);1-2H3,(H,4,5);;1-2H3/q;;2*-1/p-2. The van der Waals surface area contributed by atoms with Crippen LogP contribution in [0.15, 0.2) is 14.4 Å². The monoisotopic (exact) mass is 474 g/mol. The molecule has 0 aromatic heterocycles. The van der Waals surface area contributed by atoms with Gasteiger partial charge in [0.25, 0.3) is 0 Å². The fourth-order valence-electron chi connectivity index (χ4n) is 0.724. The van der Waals surface area contributed by atoms with Crippen molar-refractivity contribution in [3.05, 3.63) is 9.54 Å². The highest BCUT2D eigenvalue weighted by atomic mass is 32.3. The lowest BCUT2D eigenvalue weighted by Crippen LogP contribution is -2.13. The first-order chi connectivity index (χ1) is 12.7. The minimum atomic E-state index is -3.74. The van der Waals surface area contributed by atoms with Gasteiger partial charge >= 0.3 is 0 Å². The van der Waals surface area contributed by atoms with E-state index in [-0.39, 0.29) is 0 Å². The van der Waals surface area contributed by atoms with E-state index >= 15 is 0 Å². The van der Waals surface area contributed by atoms with E-state index in [0.29, 0.717) is 12.5 Å². The summed E-state index contributed by atoms with van der Waals surface area (Å²) in [6.07, 6.45) is 3.58. The van der Waals surface area contributed by atoms with E-state index in [9.17, 15) is 40.3 Å². The fourth-order valence-corrected chi connectivity index (χ4v) is 3.16. The molecule has 0 spiro atoms. The first kappa shape index (κ1) is 33.8. The molecule has 0 N–H and O–H groups in total. The van der Waals surface area contributed by atoms with Gasteiger partial charge in [0.1, 0.15) is 0 Å². The molecule has 0 heterocycles. The molecule has 29 heavy (non-hydrogen) atoms. The summed E-state index contributed by atoms with van der Waals surface area (Å²) in [5, 5.41) is 34.6. The summed E-state index contributed by atoms with van der Waals surface area (Å²) in [4.78, 5) is 15.4. The second-order valence-corrected chi connectivity index (χ2v) is 9.52. The lowest BCUT2D eigenvalue weighted by Gasteiger charge is -2.11. The van der Waals surface area contributed by atoms with Crippen LogP contribution in [-0.2, 0) is 34.9 Å². The first-order valence-corrected chi connectivity index (χ1v) is 12.0. The molecule has 0 bridgehead atoms. The Morgan fingerprint density at radius 2 is 1.31 bits per heavy atom. The van der Waals surface area contributed by atoms with Gasteiger partial charge in [-0.15, -0.1) is 6.01 Å². The van der Waals surface area contributed by atoms with Crippen molar-refractivity contribution in [1.29, 1.82) is 5.26 Å². The number of aliphatic imine (C=N–C) groups is 2. The SMILES string of the molecule is CC(=O)N=C(C)[O-].CC([O-])=NS(C)(=O)=O.CS(=O)(=O)[N-]S(C)(=O)=O.N#CN=C=[N-]. The minimum absolute atomic E-state index is 0.437. The summed E-state index contributed by atoms with van der Waals surface area (Å²) < 4.78 is 65.7. The summed E-state index contributed by atoms with van der Waals surface area (Å²) in [6, 6.07) is 1.28. The van der Waals surface area contributed by atoms with Crippen molar-refractivity contribution in [2.24, 2.45) is 14.4 Å². The molecule has 0 aliphatic rings. The summed E-state index contributed by atoms with van der Waals surface area (Å²) >= 11 is 0. The van der Waals surface area contributed by atoms with Gasteiger partial charge in [-0.3, -0.25) is 4.79 Å². The van der Waals surface area contributed by atoms with Crippen LogP contribution in [0.4, 0.5) is 0 Å². The van der Waals surface area contributed by atoms with E-state index < -0.39 is 47.8 Å². The zero-order valence-corrected chi connectivity index (χ0v) is 18.5. The van der Waals surface area contributed by atoms with Gasteiger partial charge in [-0.2, -0.15) is 9.66 Å². The smallest absolute Gasteiger partial charge is 0.249 e.